The highest BCUT2D eigenvalue weighted by Gasteiger charge is 2.29. The summed E-state index contributed by atoms with van der Waals surface area (Å²) >= 11 is 5.75. The molecule has 0 bridgehead atoms. The van der Waals surface area contributed by atoms with Gasteiger partial charge in [-0.25, -0.2) is 4.98 Å². The molecule has 1 fully saturated rings. The first kappa shape index (κ1) is 13.3. The number of nitrogens with zero attached hydrogens (tertiary/aromatic N) is 1. The van der Waals surface area contributed by atoms with Crippen LogP contribution in [0, 0.1) is 5.92 Å². The third kappa shape index (κ3) is 3.00. The fraction of sp³-hybridized carbons (Fsp3) is 0.538. The molecule has 2 N–H and O–H groups in total. The van der Waals surface area contributed by atoms with Crippen molar-refractivity contribution >= 4 is 17.5 Å². The smallest absolute Gasteiger partial charge is 0.270 e. The SMILES string of the molecule is CC1CCNC(C)C1NC(=O)c1ccc(Cl)cn1. The van der Waals surface area contributed by atoms with Crippen LogP contribution in [0.25, 0.3) is 0 Å². The highest BCUT2D eigenvalue weighted by atomic mass is 35.5. The summed E-state index contributed by atoms with van der Waals surface area (Å²) in [5.41, 5.74) is 0.407. The van der Waals surface area contributed by atoms with Crippen LogP contribution in [0.3, 0.4) is 0 Å². The van der Waals surface area contributed by atoms with Gasteiger partial charge in [-0.05, 0) is 37.9 Å². The molecule has 1 aliphatic rings. The molecule has 3 unspecified atom stereocenters. The van der Waals surface area contributed by atoms with E-state index in [1.807, 2.05) is 0 Å². The van der Waals surface area contributed by atoms with E-state index in [9.17, 15) is 4.79 Å². The average molecular weight is 268 g/mol. The van der Waals surface area contributed by atoms with Crippen LogP contribution in [-0.4, -0.2) is 29.5 Å². The summed E-state index contributed by atoms with van der Waals surface area (Å²) in [5, 5.41) is 6.95. The Kier molecular flexibility index (Phi) is 4.19. The molecular weight excluding hydrogens is 250 g/mol. The molecule has 1 aliphatic heterocycles. The first-order chi connectivity index (χ1) is 8.58. The van der Waals surface area contributed by atoms with Crippen molar-refractivity contribution in [3.8, 4) is 0 Å². The molecule has 0 aliphatic carbocycles. The van der Waals surface area contributed by atoms with Crippen molar-refractivity contribution in [3.63, 3.8) is 0 Å². The van der Waals surface area contributed by atoms with E-state index in [4.69, 9.17) is 11.6 Å². The zero-order valence-corrected chi connectivity index (χ0v) is 11.4. The molecule has 5 heteroatoms. The van der Waals surface area contributed by atoms with Crippen molar-refractivity contribution in [2.24, 2.45) is 5.92 Å². The van der Waals surface area contributed by atoms with E-state index in [0.29, 0.717) is 16.6 Å². The lowest BCUT2D eigenvalue weighted by molar-refractivity contribution is 0.0892. The summed E-state index contributed by atoms with van der Waals surface area (Å²) < 4.78 is 0. The highest BCUT2D eigenvalue weighted by molar-refractivity contribution is 6.30. The van der Waals surface area contributed by atoms with Crippen LogP contribution < -0.4 is 10.6 Å². The van der Waals surface area contributed by atoms with Crippen molar-refractivity contribution < 1.29 is 4.79 Å². The van der Waals surface area contributed by atoms with Crippen LogP contribution in [0.5, 0.6) is 0 Å². The number of rotatable bonds is 2. The number of pyridine rings is 1. The molecule has 0 radical (unpaired) electrons. The van der Waals surface area contributed by atoms with Crippen LogP contribution in [0.2, 0.25) is 5.02 Å². The summed E-state index contributed by atoms with van der Waals surface area (Å²) in [6.07, 6.45) is 2.56. The minimum absolute atomic E-state index is 0.140. The summed E-state index contributed by atoms with van der Waals surface area (Å²) in [6, 6.07) is 3.74. The van der Waals surface area contributed by atoms with Gasteiger partial charge in [0.1, 0.15) is 5.69 Å². The third-order valence-electron chi connectivity index (χ3n) is 3.48. The normalized spacial score (nSPS) is 27.8. The first-order valence-corrected chi connectivity index (χ1v) is 6.61. The van der Waals surface area contributed by atoms with Gasteiger partial charge in [0.2, 0.25) is 0 Å². The lowest BCUT2D eigenvalue weighted by Crippen LogP contribution is -2.56. The van der Waals surface area contributed by atoms with Crippen LogP contribution in [0.1, 0.15) is 30.8 Å². The van der Waals surface area contributed by atoms with E-state index in [1.54, 1.807) is 12.1 Å². The van der Waals surface area contributed by atoms with E-state index >= 15 is 0 Å². The molecule has 0 saturated carbocycles. The maximum atomic E-state index is 12.1. The number of piperidine rings is 1. The second-order valence-corrected chi connectivity index (χ2v) is 5.31. The Morgan fingerprint density at radius 2 is 2.28 bits per heavy atom. The van der Waals surface area contributed by atoms with Gasteiger partial charge < -0.3 is 10.6 Å². The van der Waals surface area contributed by atoms with Gasteiger partial charge in [0.25, 0.3) is 5.91 Å². The van der Waals surface area contributed by atoms with Crippen molar-refractivity contribution in [1.82, 2.24) is 15.6 Å². The van der Waals surface area contributed by atoms with Gasteiger partial charge in [0.15, 0.2) is 0 Å². The number of carbonyl (C=O) groups excluding carboxylic acids is 1. The van der Waals surface area contributed by atoms with Gasteiger partial charge in [-0.15, -0.1) is 0 Å². The van der Waals surface area contributed by atoms with Crippen LogP contribution >= 0.6 is 11.6 Å². The van der Waals surface area contributed by atoms with E-state index < -0.39 is 0 Å². The topological polar surface area (TPSA) is 54.0 Å². The molecule has 98 valence electrons. The number of carbonyl (C=O) groups is 1. The molecule has 1 amide bonds. The quantitative estimate of drug-likeness (QED) is 0.860. The Bertz CT molecular complexity index is 411. The lowest BCUT2D eigenvalue weighted by atomic mass is 9.89. The van der Waals surface area contributed by atoms with E-state index in [1.165, 1.54) is 6.20 Å². The molecule has 1 saturated heterocycles. The van der Waals surface area contributed by atoms with E-state index in [0.717, 1.165) is 13.0 Å². The first-order valence-electron chi connectivity index (χ1n) is 6.23. The van der Waals surface area contributed by atoms with Gasteiger partial charge in [-0.1, -0.05) is 18.5 Å². The Labute approximate surface area is 112 Å². The van der Waals surface area contributed by atoms with Crippen LogP contribution in [-0.2, 0) is 0 Å². The molecule has 1 aromatic rings. The van der Waals surface area contributed by atoms with Crippen molar-refractivity contribution in [3.05, 3.63) is 29.0 Å². The number of hydrogen-bond acceptors (Lipinski definition) is 3. The van der Waals surface area contributed by atoms with Crippen molar-refractivity contribution in [2.45, 2.75) is 32.4 Å². The van der Waals surface area contributed by atoms with E-state index in [-0.39, 0.29) is 18.0 Å². The Hall–Kier alpha value is -1.13. The monoisotopic (exact) mass is 267 g/mol. The largest absolute Gasteiger partial charge is 0.346 e. The highest BCUT2D eigenvalue weighted by Crippen LogP contribution is 2.16. The number of hydrogen-bond donors (Lipinski definition) is 2. The van der Waals surface area contributed by atoms with Gasteiger partial charge in [-0.3, -0.25) is 4.79 Å². The summed E-state index contributed by atoms with van der Waals surface area (Å²) in [6.45, 7) is 5.27. The second-order valence-electron chi connectivity index (χ2n) is 4.87. The molecule has 0 spiro atoms. The van der Waals surface area contributed by atoms with Crippen LogP contribution in [0.15, 0.2) is 18.3 Å². The number of amides is 1. The van der Waals surface area contributed by atoms with E-state index in [2.05, 4.69) is 29.5 Å². The Morgan fingerprint density at radius 3 is 2.89 bits per heavy atom. The molecule has 3 atom stereocenters. The van der Waals surface area contributed by atoms with Crippen molar-refractivity contribution in [1.29, 1.82) is 0 Å². The zero-order chi connectivity index (χ0) is 13.1. The Morgan fingerprint density at radius 1 is 1.50 bits per heavy atom. The minimum atomic E-state index is -0.140. The van der Waals surface area contributed by atoms with Crippen LogP contribution in [0.4, 0.5) is 0 Å². The predicted octanol–water partition coefficient (Wildman–Crippen LogP) is 1.85. The molecule has 2 rings (SSSR count). The molecular formula is C13H18ClN3O. The Balaban J connectivity index is 2.04. The van der Waals surface area contributed by atoms with Gasteiger partial charge in [-0.2, -0.15) is 0 Å². The fourth-order valence-electron chi connectivity index (χ4n) is 2.34. The van der Waals surface area contributed by atoms with Gasteiger partial charge in [0.05, 0.1) is 5.02 Å². The zero-order valence-electron chi connectivity index (χ0n) is 10.6. The molecule has 1 aromatic heterocycles. The van der Waals surface area contributed by atoms with Crippen molar-refractivity contribution in [2.75, 3.05) is 6.54 Å². The number of halogens is 1. The predicted molar refractivity (Wildman–Crippen MR) is 71.7 cm³/mol. The summed E-state index contributed by atoms with van der Waals surface area (Å²) in [4.78, 5) is 16.1. The second kappa shape index (κ2) is 5.67. The minimum Gasteiger partial charge on any atom is -0.346 e. The molecule has 4 nitrogen and oxygen atoms in total. The number of aromatic nitrogens is 1. The fourth-order valence-corrected chi connectivity index (χ4v) is 2.45. The number of nitrogens with one attached hydrogen (secondary N) is 2. The third-order valence-corrected chi connectivity index (χ3v) is 3.70. The average Bonchev–Trinajstić information content (AvgIpc) is 2.34. The summed E-state index contributed by atoms with van der Waals surface area (Å²) in [5.74, 6) is 0.330. The maximum Gasteiger partial charge on any atom is 0.270 e. The maximum absolute atomic E-state index is 12.1. The summed E-state index contributed by atoms with van der Waals surface area (Å²) in [7, 11) is 0. The molecule has 2 heterocycles. The lowest BCUT2D eigenvalue weighted by Gasteiger charge is -2.35. The standard InChI is InChI=1S/C13H18ClN3O/c1-8-5-6-15-9(2)12(8)17-13(18)11-4-3-10(14)7-16-11/h3-4,7-9,12,15H,5-6H2,1-2H3,(H,17,18). The van der Waals surface area contributed by atoms with Gasteiger partial charge in [0, 0.05) is 18.3 Å². The van der Waals surface area contributed by atoms with Gasteiger partial charge >= 0.3 is 0 Å². The molecule has 0 aromatic carbocycles. The molecule has 18 heavy (non-hydrogen) atoms.